The van der Waals surface area contributed by atoms with Gasteiger partial charge in [-0.25, -0.2) is 0 Å². The van der Waals surface area contributed by atoms with Crippen LogP contribution in [-0.4, -0.2) is 168 Å². The van der Waals surface area contributed by atoms with E-state index in [9.17, 15) is 51.1 Å². The van der Waals surface area contributed by atoms with Crippen LogP contribution in [-0.2, 0) is 33.2 Å². The molecule has 65 heavy (non-hydrogen) atoms. The number of carbonyl (C=O) groups excluding carboxylic acids is 1. The molecule has 3 aliphatic heterocycles. The Morgan fingerprint density at radius 1 is 0.631 bits per heavy atom. The summed E-state index contributed by atoms with van der Waals surface area (Å²) < 4.78 is 34.8. The standard InChI is InChI=1S/C48H78O17/c1-22-30(51)32(53)35(56)40(61-22)64-38-25(19-49)62-39(37(58)34(38)55)60-20-26-31(52)33(54)36(57)41(63-26)65-42(59)48-16-11-23-24(47(48,8)21-43(2,3)17-18-48)9-10-28-45(23,6)14-12-27-44(4,5)29(50)13-15-46(27,28)7/h22,25-41,49-58H,9-21H2,1-8H3/t22-,25+,26+,27-,28-,29-,30-,31+,32+,33-,34+,35+,36+,37+,38+,39+,40-,41-,45-,46-,47-,48-/m0/s1. The molecular formula is C48H78O17. The van der Waals surface area contributed by atoms with Crippen LogP contribution in [0.1, 0.15) is 126 Å². The van der Waals surface area contributed by atoms with Crippen molar-refractivity contribution in [1.29, 1.82) is 0 Å². The Bertz CT molecular complexity index is 1790. The summed E-state index contributed by atoms with van der Waals surface area (Å²) in [4.78, 5) is 15.1. The number of aliphatic hydroxyl groups is 10. The highest BCUT2D eigenvalue weighted by Crippen LogP contribution is 2.74. The van der Waals surface area contributed by atoms with Gasteiger partial charge in [-0.1, -0.05) is 59.6 Å². The predicted molar refractivity (Wildman–Crippen MR) is 229 cm³/mol. The zero-order chi connectivity index (χ0) is 47.6. The van der Waals surface area contributed by atoms with E-state index in [4.69, 9.17) is 28.4 Å². The fourth-order valence-corrected chi connectivity index (χ4v) is 15.2. The third-order valence-corrected chi connectivity index (χ3v) is 19.0. The van der Waals surface area contributed by atoms with Gasteiger partial charge in [0.25, 0.3) is 0 Å². The molecule has 0 aromatic heterocycles. The Morgan fingerprint density at radius 2 is 1.28 bits per heavy atom. The van der Waals surface area contributed by atoms with Gasteiger partial charge in [-0.15, -0.1) is 0 Å². The largest absolute Gasteiger partial charge is 0.432 e. The normalized spacial score (nSPS) is 53.0. The first kappa shape index (κ1) is 50.0. The predicted octanol–water partition coefficient (Wildman–Crippen LogP) is 1.31. The molecule has 0 spiro atoms. The van der Waals surface area contributed by atoms with Crippen molar-refractivity contribution in [1.82, 2.24) is 0 Å². The molecule has 17 nitrogen and oxygen atoms in total. The van der Waals surface area contributed by atoms with Gasteiger partial charge in [0.2, 0.25) is 6.29 Å². The van der Waals surface area contributed by atoms with E-state index in [0.29, 0.717) is 24.7 Å². The summed E-state index contributed by atoms with van der Waals surface area (Å²) in [6.45, 7) is 16.2. The van der Waals surface area contributed by atoms with E-state index in [0.717, 1.165) is 57.8 Å². The first-order valence-electron chi connectivity index (χ1n) is 24.2. The van der Waals surface area contributed by atoms with Crippen molar-refractivity contribution in [3.63, 3.8) is 0 Å². The topological polar surface area (TPSA) is 275 Å². The Balaban J connectivity index is 0.981. The summed E-state index contributed by atoms with van der Waals surface area (Å²) in [6.07, 6.45) is -15.2. The van der Waals surface area contributed by atoms with Crippen molar-refractivity contribution in [2.45, 2.75) is 224 Å². The summed E-state index contributed by atoms with van der Waals surface area (Å²) in [5, 5.41) is 108. The SMILES string of the molecule is C[C@@H]1O[C@@H](O[C@H]2[C@H](O)[C@@H](O)[C@H](OC[C@H]3O[C@@H](OC(=O)[C@@]45CCC6=C(CC[C@@H]7[C@@]8(C)CC[C@H](O)C(C)(C)[C@@H]8CC[C@@]67C)[C@]4(C)CC(C)(C)CC5)[C@H](O)[C@@H](O)[C@@H]3O)O[C@@H]2CO)[C@H](O)[C@H](O)[C@H]1O. The molecule has 5 aliphatic carbocycles. The molecule has 3 saturated carbocycles. The smallest absolute Gasteiger partial charge is 0.315 e. The molecule has 3 heterocycles. The Morgan fingerprint density at radius 3 is 1.97 bits per heavy atom. The highest BCUT2D eigenvalue weighted by Gasteiger charge is 2.68. The molecule has 10 N–H and O–H groups in total. The van der Waals surface area contributed by atoms with Crippen LogP contribution in [0.4, 0.5) is 0 Å². The van der Waals surface area contributed by atoms with Crippen LogP contribution in [0.2, 0.25) is 0 Å². The zero-order valence-corrected chi connectivity index (χ0v) is 39.4. The lowest BCUT2D eigenvalue weighted by Gasteiger charge is -2.68. The highest BCUT2D eigenvalue weighted by atomic mass is 16.8. The monoisotopic (exact) mass is 927 g/mol. The molecule has 0 amide bonds. The second-order valence-corrected chi connectivity index (χ2v) is 23.4. The zero-order valence-electron chi connectivity index (χ0n) is 39.4. The van der Waals surface area contributed by atoms with E-state index in [1.54, 1.807) is 0 Å². The highest BCUT2D eigenvalue weighted by molar-refractivity contribution is 5.80. The second-order valence-electron chi connectivity index (χ2n) is 23.4. The summed E-state index contributed by atoms with van der Waals surface area (Å²) in [6, 6.07) is 0. The Kier molecular flexibility index (Phi) is 13.4. The van der Waals surface area contributed by atoms with Gasteiger partial charge in [-0.05, 0) is 111 Å². The van der Waals surface area contributed by atoms with Crippen molar-refractivity contribution < 1.29 is 84.3 Å². The van der Waals surface area contributed by atoms with Crippen LogP contribution in [0.15, 0.2) is 11.1 Å². The average molecular weight is 927 g/mol. The number of fused-ring (bicyclic) bond motifs is 6. The van der Waals surface area contributed by atoms with Gasteiger partial charge in [0.1, 0.15) is 67.1 Å². The number of hydrogen-bond donors (Lipinski definition) is 10. The lowest BCUT2D eigenvalue weighted by Crippen LogP contribution is -2.65. The number of rotatable bonds is 8. The average Bonchev–Trinajstić information content (AvgIpc) is 3.24. The van der Waals surface area contributed by atoms with E-state index in [2.05, 4.69) is 48.5 Å². The van der Waals surface area contributed by atoms with Crippen LogP contribution in [0.3, 0.4) is 0 Å². The minimum Gasteiger partial charge on any atom is -0.432 e. The number of esters is 1. The lowest BCUT2D eigenvalue weighted by atomic mass is 9.36. The van der Waals surface area contributed by atoms with Crippen LogP contribution in [0.5, 0.6) is 0 Å². The number of aliphatic hydroxyl groups excluding tert-OH is 10. The molecule has 0 bridgehead atoms. The van der Waals surface area contributed by atoms with Crippen LogP contribution >= 0.6 is 0 Å². The summed E-state index contributed by atoms with van der Waals surface area (Å²) in [7, 11) is 0. The van der Waals surface area contributed by atoms with E-state index in [1.165, 1.54) is 18.1 Å². The molecule has 0 unspecified atom stereocenters. The van der Waals surface area contributed by atoms with E-state index in [-0.39, 0.29) is 27.8 Å². The minimum atomic E-state index is -1.84. The van der Waals surface area contributed by atoms with Gasteiger partial charge >= 0.3 is 5.97 Å². The van der Waals surface area contributed by atoms with Gasteiger partial charge in [0.15, 0.2) is 12.6 Å². The number of ether oxygens (including phenoxy) is 6. The third kappa shape index (κ3) is 7.90. The number of hydrogen-bond acceptors (Lipinski definition) is 17. The third-order valence-electron chi connectivity index (χ3n) is 19.0. The molecule has 372 valence electrons. The maximum atomic E-state index is 15.1. The lowest BCUT2D eigenvalue weighted by molar-refractivity contribution is -0.361. The Labute approximate surface area is 382 Å². The van der Waals surface area contributed by atoms with Crippen LogP contribution in [0, 0.1) is 44.3 Å². The quantitative estimate of drug-likeness (QED) is 0.121. The van der Waals surface area contributed by atoms with Gasteiger partial charge in [-0.3, -0.25) is 4.79 Å². The number of allylic oxidation sites excluding steroid dienone is 2. The molecule has 8 aliphatic rings. The summed E-state index contributed by atoms with van der Waals surface area (Å²) in [5.74, 6) is 0.330. The van der Waals surface area contributed by atoms with Gasteiger partial charge in [0.05, 0.1) is 30.8 Å². The minimum absolute atomic E-state index is 0.0517. The van der Waals surface area contributed by atoms with E-state index < -0.39 is 122 Å². The molecule has 0 radical (unpaired) electrons. The van der Waals surface area contributed by atoms with Crippen LogP contribution in [0.25, 0.3) is 0 Å². The van der Waals surface area contributed by atoms with Gasteiger partial charge in [0, 0.05) is 5.41 Å². The van der Waals surface area contributed by atoms with Crippen molar-refractivity contribution in [3.05, 3.63) is 11.1 Å². The van der Waals surface area contributed by atoms with E-state index in [1.807, 2.05) is 0 Å². The molecule has 8 rings (SSSR count). The van der Waals surface area contributed by atoms with Crippen molar-refractivity contribution in [2.24, 2.45) is 44.3 Å². The molecular weight excluding hydrogens is 849 g/mol. The maximum absolute atomic E-state index is 15.1. The van der Waals surface area contributed by atoms with Crippen molar-refractivity contribution in [2.75, 3.05) is 13.2 Å². The summed E-state index contributed by atoms with van der Waals surface area (Å²) >= 11 is 0. The molecule has 22 atom stereocenters. The first-order chi connectivity index (χ1) is 30.3. The maximum Gasteiger partial charge on any atom is 0.315 e. The molecule has 0 aromatic carbocycles. The molecule has 0 aromatic rings. The molecule has 3 saturated heterocycles. The number of carbonyl (C=O) groups is 1. The van der Waals surface area contributed by atoms with Crippen molar-refractivity contribution >= 4 is 5.97 Å². The fourth-order valence-electron chi connectivity index (χ4n) is 15.2. The molecule has 17 heteroatoms. The van der Waals surface area contributed by atoms with Gasteiger partial charge in [-0.2, -0.15) is 0 Å². The van der Waals surface area contributed by atoms with Crippen molar-refractivity contribution in [3.8, 4) is 0 Å². The van der Waals surface area contributed by atoms with Gasteiger partial charge < -0.3 is 79.5 Å². The molecule has 6 fully saturated rings. The summed E-state index contributed by atoms with van der Waals surface area (Å²) in [5.41, 5.74) is 1.10. The first-order valence-corrected chi connectivity index (χ1v) is 24.2. The Hall–Kier alpha value is -1.39. The van der Waals surface area contributed by atoms with E-state index >= 15 is 4.79 Å². The fraction of sp³-hybridized carbons (Fsp3) is 0.938. The second kappa shape index (κ2) is 17.5. The van der Waals surface area contributed by atoms with Crippen LogP contribution < -0.4 is 0 Å².